The second-order valence-electron chi connectivity index (χ2n) is 3.98. The van der Waals surface area contributed by atoms with Gasteiger partial charge < -0.3 is 14.7 Å². The van der Waals surface area contributed by atoms with Crippen molar-refractivity contribution >= 4 is 35.2 Å². The Kier molecular flexibility index (Phi) is 7.25. The van der Waals surface area contributed by atoms with E-state index in [0.717, 1.165) is 11.8 Å². The van der Waals surface area contributed by atoms with E-state index < -0.39 is 5.97 Å². The van der Waals surface area contributed by atoms with Crippen LogP contribution < -0.4 is 4.74 Å². The number of hydrogen-bond donors (Lipinski definition) is 1. The molecule has 1 aromatic rings. The molecule has 0 saturated carbocycles. The Labute approximate surface area is 126 Å². The number of carbonyl (C=O) groups excluding carboxylic acids is 1. The predicted molar refractivity (Wildman–Crippen MR) is 79.5 cm³/mol. The number of para-hydroxylation sites is 1. The maximum absolute atomic E-state index is 11.7. The van der Waals surface area contributed by atoms with Crippen molar-refractivity contribution in [3.05, 3.63) is 29.3 Å². The van der Waals surface area contributed by atoms with E-state index >= 15 is 0 Å². The third-order valence-electron chi connectivity index (χ3n) is 2.40. The van der Waals surface area contributed by atoms with Crippen molar-refractivity contribution in [1.82, 2.24) is 4.90 Å². The molecule has 0 heterocycles. The second-order valence-corrected chi connectivity index (χ2v) is 5.37. The van der Waals surface area contributed by atoms with Crippen LogP contribution in [0.1, 0.15) is 0 Å². The topological polar surface area (TPSA) is 66.8 Å². The summed E-state index contributed by atoms with van der Waals surface area (Å²) in [4.78, 5) is 23.5. The van der Waals surface area contributed by atoms with Crippen LogP contribution >= 0.6 is 23.4 Å². The van der Waals surface area contributed by atoms with E-state index in [1.54, 1.807) is 19.2 Å². The lowest BCUT2D eigenvalue weighted by Gasteiger charge is -2.17. The lowest BCUT2D eigenvalue weighted by molar-refractivity contribution is -0.133. The van der Waals surface area contributed by atoms with Gasteiger partial charge in [-0.25, -0.2) is 0 Å². The van der Waals surface area contributed by atoms with Gasteiger partial charge in [-0.05, 0) is 12.1 Å². The Hall–Kier alpha value is -1.40. The molecule has 0 bridgehead atoms. The first-order chi connectivity index (χ1) is 9.50. The number of benzene rings is 1. The van der Waals surface area contributed by atoms with E-state index in [4.69, 9.17) is 21.4 Å². The number of carboxylic acid groups (broad SMARTS) is 1. The number of amides is 1. The van der Waals surface area contributed by atoms with E-state index in [0.29, 0.717) is 23.9 Å². The largest absolute Gasteiger partial charge is 0.490 e. The number of hydrogen-bond acceptors (Lipinski definition) is 4. The van der Waals surface area contributed by atoms with Crippen molar-refractivity contribution < 1.29 is 19.4 Å². The standard InChI is InChI=1S/C13H16ClNO4S/c1-15(12(16)8-20-9-13(17)18)6-7-19-11-5-3-2-4-10(11)14/h2-5H,6-9H2,1H3,(H,17,18). The third-order valence-corrected chi connectivity index (χ3v) is 3.61. The molecule has 0 radical (unpaired) electrons. The van der Waals surface area contributed by atoms with Crippen LogP contribution in [-0.4, -0.2) is 53.6 Å². The molecule has 20 heavy (non-hydrogen) atoms. The number of nitrogens with zero attached hydrogens (tertiary/aromatic N) is 1. The van der Waals surface area contributed by atoms with Crippen LogP contribution in [0.5, 0.6) is 5.75 Å². The van der Waals surface area contributed by atoms with E-state index in [1.165, 1.54) is 4.90 Å². The molecule has 7 heteroatoms. The van der Waals surface area contributed by atoms with Gasteiger partial charge >= 0.3 is 5.97 Å². The summed E-state index contributed by atoms with van der Waals surface area (Å²) < 4.78 is 5.47. The SMILES string of the molecule is CN(CCOc1ccccc1Cl)C(=O)CSCC(=O)O. The lowest BCUT2D eigenvalue weighted by Crippen LogP contribution is -2.32. The van der Waals surface area contributed by atoms with Gasteiger partial charge in [0.1, 0.15) is 12.4 Å². The number of aliphatic carboxylic acids is 1. The summed E-state index contributed by atoms with van der Waals surface area (Å²) in [7, 11) is 1.65. The van der Waals surface area contributed by atoms with Gasteiger partial charge in [0.05, 0.1) is 23.1 Å². The minimum Gasteiger partial charge on any atom is -0.490 e. The average Bonchev–Trinajstić information content (AvgIpc) is 2.40. The molecule has 0 aliphatic carbocycles. The van der Waals surface area contributed by atoms with Gasteiger partial charge in [-0.1, -0.05) is 23.7 Å². The summed E-state index contributed by atoms with van der Waals surface area (Å²) in [6.45, 7) is 0.743. The maximum Gasteiger partial charge on any atom is 0.313 e. The fourth-order valence-corrected chi connectivity index (χ4v) is 2.18. The van der Waals surface area contributed by atoms with Crippen molar-refractivity contribution in [3.63, 3.8) is 0 Å². The summed E-state index contributed by atoms with van der Waals surface area (Å²) in [5, 5.41) is 9.01. The zero-order valence-corrected chi connectivity index (χ0v) is 12.6. The van der Waals surface area contributed by atoms with Crippen molar-refractivity contribution in [3.8, 4) is 5.75 Å². The number of ether oxygens (including phenoxy) is 1. The van der Waals surface area contributed by atoms with Crippen LogP contribution in [0.25, 0.3) is 0 Å². The van der Waals surface area contributed by atoms with E-state index in [9.17, 15) is 9.59 Å². The first-order valence-electron chi connectivity index (χ1n) is 5.91. The molecule has 0 aliphatic heterocycles. The molecule has 1 rings (SSSR count). The van der Waals surface area contributed by atoms with Gasteiger partial charge in [-0.2, -0.15) is 0 Å². The molecule has 0 aliphatic rings. The van der Waals surface area contributed by atoms with E-state index in [1.807, 2.05) is 12.1 Å². The molecule has 1 amide bonds. The van der Waals surface area contributed by atoms with E-state index in [-0.39, 0.29) is 17.4 Å². The Bertz CT molecular complexity index is 469. The Balaban J connectivity index is 2.25. The number of rotatable bonds is 8. The molecule has 5 nitrogen and oxygen atoms in total. The highest BCUT2D eigenvalue weighted by Gasteiger charge is 2.10. The van der Waals surface area contributed by atoms with Crippen LogP contribution in [0.4, 0.5) is 0 Å². The number of thioether (sulfide) groups is 1. The Morgan fingerprint density at radius 2 is 2.05 bits per heavy atom. The summed E-state index contributed by atoms with van der Waals surface area (Å²) in [5.41, 5.74) is 0. The molecule has 1 N–H and O–H groups in total. The Morgan fingerprint density at radius 1 is 1.35 bits per heavy atom. The summed E-state index contributed by atoms with van der Waals surface area (Å²) in [6.07, 6.45) is 0. The number of likely N-dealkylation sites (N-methyl/N-ethyl adjacent to an activating group) is 1. The quantitative estimate of drug-likeness (QED) is 0.794. The zero-order valence-electron chi connectivity index (χ0n) is 11.0. The van der Waals surface area contributed by atoms with Crippen LogP contribution in [-0.2, 0) is 9.59 Å². The molecule has 0 atom stereocenters. The van der Waals surface area contributed by atoms with Crippen molar-refractivity contribution in [2.45, 2.75) is 0 Å². The third kappa shape index (κ3) is 6.16. The monoisotopic (exact) mass is 317 g/mol. The van der Waals surface area contributed by atoms with Crippen molar-refractivity contribution in [1.29, 1.82) is 0 Å². The normalized spacial score (nSPS) is 10.1. The van der Waals surface area contributed by atoms with Gasteiger partial charge in [0, 0.05) is 7.05 Å². The Morgan fingerprint density at radius 3 is 2.70 bits per heavy atom. The molecule has 0 aromatic heterocycles. The highest BCUT2D eigenvalue weighted by molar-refractivity contribution is 8.00. The molecule has 110 valence electrons. The number of halogens is 1. The van der Waals surface area contributed by atoms with Crippen molar-refractivity contribution in [2.75, 3.05) is 31.7 Å². The predicted octanol–water partition coefficient (Wildman–Crippen LogP) is 2.00. The van der Waals surface area contributed by atoms with Gasteiger partial charge in [-0.3, -0.25) is 9.59 Å². The van der Waals surface area contributed by atoms with Gasteiger partial charge in [0.15, 0.2) is 0 Å². The summed E-state index contributed by atoms with van der Waals surface area (Å²) >= 11 is 7.01. The highest BCUT2D eigenvalue weighted by Crippen LogP contribution is 2.22. The lowest BCUT2D eigenvalue weighted by atomic mass is 10.3. The fourth-order valence-electron chi connectivity index (χ4n) is 1.31. The highest BCUT2D eigenvalue weighted by atomic mass is 35.5. The van der Waals surface area contributed by atoms with Crippen LogP contribution in [0.3, 0.4) is 0 Å². The molecular weight excluding hydrogens is 302 g/mol. The fraction of sp³-hybridized carbons (Fsp3) is 0.385. The van der Waals surface area contributed by atoms with Gasteiger partial charge in [0.2, 0.25) is 5.91 Å². The smallest absolute Gasteiger partial charge is 0.313 e. The van der Waals surface area contributed by atoms with Gasteiger partial charge in [-0.15, -0.1) is 11.8 Å². The molecule has 0 fully saturated rings. The minimum absolute atomic E-state index is 0.0737. The summed E-state index contributed by atoms with van der Waals surface area (Å²) in [6, 6.07) is 7.12. The first kappa shape index (κ1) is 16.7. The average molecular weight is 318 g/mol. The maximum atomic E-state index is 11.7. The van der Waals surface area contributed by atoms with Crippen molar-refractivity contribution in [2.24, 2.45) is 0 Å². The van der Waals surface area contributed by atoms with Crippen LogP contribution in [0.2, 0.25) is 5.02 Å². The first-order valence-corrected chi connectivity index (χ1v) is 7.45. The molecular formula is C13H16ClNO4S. The zero-order chi connectivity index (χ0) is 15.0. The number of carboxylic acids is 1. The second kappa shape index (κ2) is 8.71. The molecule has 0 unspecified atom stereocenters. The molecule has 0 spiro atoms. The molecule has 1 aromatic carbocycles. The van der Waals surface area contributed by atoms with Crippen LogP contribution in [0.15, 0.2) is 24.3 Å². The minimum atomic E-state index is -0.924. The van der Waals surface area contributed by atoms with Gasteiger partial charge in [0.25, 0.3) is 0 Å². The summed E-state index contributed by atoms with van der Waals surface area (Å²) in [5.74, 6) is -0.397. The van der Waals surface area contributed by atoms with E-state index in [2.05, 4.69) is 0 Å². The molecule has 0 saturated heterocycles. The van der Waals surface area contributed by atoms with Crippen LogP contribution in [0, 0.1) is 0 Å². The number of carbonyl (C=O) groups is 2.